The van der Waals surface area contributed by atoms with Crippen LogP contribution in [0.2, 0.25) is 0 Å². The second-order valence-corrected chi connectivity index (χ2v) is 9.36. The molecule has 2 aliphatic rings. The Morgan fingerprint density at radius 3 is 2.69 bits per heavy atom. The van der Waals surface area contributed by atoms with Gasteiger partial charge in [0.1, 0.15) is 5.37 Å². The minimum atomic E-state index is -1.14. The average Bonchev–Trinajstić information content (AvgIpc) is 3.05. The number of aliphatic hydroxyl groups excluding tert-OH is 1. The van der Waals surface area contributed by atoms with Crippen LogP contribution < -0.4 is 5.32 Å². The molecule has 0 radical (unpaired) electrons. The highest BCUT2D eigenvalue weighted by Crippen LogP contribution is 2.54. The Morgan fingerprint density at radius 2 is 2.03 bits per heavy atom. The van der Waals surface area contributed by atoms with Gasteiger partial charge in [-0.25, -0.2) is 4.79 Å². The van der Waals surface area contributed by atoms with Crippen LogP contribution in [0.25, 0.3) is 0 Å². The molecule has 1 aromatic carbocycles. The van der Waals surface area contributed by atoms with Crippen molar-refractivity contribution in [2.24, 2.45) is 5.92 Å². The zero-order valence-electron chi connectivity index (χ0n) is 16.0. The van der Waals surface area contributed by atoms with Crippen molar-refractivity contribution in [2.45, 2.75) is 44.2 Å². The number of carboxylic acids is 1. The molecule has 9 heteroatoms. The van der Waals surface area contributed by atoms with Crippen molar-refractivity contribution >= 4 is 41.3 Å². The summed E-state index contributed by atoms with van der Waals surface area (Å²) in [6.45, 7) is 2.28. The van der Waals surface area contributed by atoms with Gasteiger partial charge in [-0.05, 0) is 24.2 Å². The summed E-state index contributed by atoms with van der Waals surface area (Å²) >= 11 is 2.68. The van der Waals surface area contributed by atoms with Crippen molar-refractivity contribution in [1.29, 1.82) is 0 Å². The fraction of sp³-hybridized carbons (Fsp3) is 0.450. The maximum absolute atomic E-state index is 12.3. The molecule has 1 fully saturated rings. The first-order chi connectivity index (χ1) is 13.9. The first-order valence-electron chi connectivity index (χ1n) is 9.52. The summed E-state index contributed by atoms with van der Waals surface area (Å²) in [5.74, 6) is -1.49. The van der Waals surface area contributed by atoms with E-state index in [-0.39, 0.29) is 22.9 Å². The minimum Gasteiger partial charge on any atom is -0.477 e. The van der Waals surface area contributed by atoms with Crippen LogP contribution in [0.1, 0.15) is 31.7 Å². The van der Waals surface area contributed by atoms with Crippen LogP contribution in [0.3, 0.4) is 0 Å². The molecule has 1 aromatic rings. The van der Waals surface area contributed by atoms with Crippen molar-refractivity contribution in [1.82, 2.24) is 10.2 Å². The van der Waals surface area contributed by atoms with Crippen LogP contribution in [-0.2, 0) is 20.9 Å². The van der Waals surface area contributed by atoms with Gasteiger partial charge in [-0.2, -0.15) is 0 Å². The van der Waals surface area contributed by atoms with Crippen LogP contribution in [-0.4, -0.2) is 50.1 Å². The van der Waals surface area contributed by atoms with Gasteiger partial charge in [0.25, 0.3) is 0 Å². The largest absolute Gasteiger partial charge is 0.477 e. The molecule has 29 heavy (non-hydrogen) atoms. The molecule has 0 spiro atoms. The van der Waals surface area contributed by atoms with Gasteiger partial charge in [-0.15, -0.1) is 11.8 Å². The van der Waals surface area contributed by atoms with Gasteiger partial charge in [0.05, 0.1) is 16.3 Å². The molecular formula is C20H24N2O5S2. The molecule has 7 nitrogen and oxygen atoms in total. The van der Waals surface area contributed by atoms with Crippen molar-refractivity contribution in [3.05, 3.63) is 45.8 Å². The second-order valence-electron chi connectivity index (χ2n) is 6.87. The van der Waals surface area contributed by atoms with E-state index in [2.05, 4.69) is 5.32 Å². The van der Waals surface area contributed by atoms with E-state index in [0.717, 1.165) is 5.56 Å². The number of amides is 2. The molecule has 3 atom stereocenters. The molecule has 3 N–H and O–H groups in total. The zero-order valence-corrected chi connectivity index (χ0v) is 17.7. The summed E-state index contributed by atoms with van der Waals surface area (Å²) in [7, 11) is 0. The Bertz CT molecular complexity index is 814. The number of β-lactam (4-membered cyclic amide) rings is 1. The van der Waals surface area contributed by atoms with Crippen molar-refractivity contribution < 1.29 is 24.6 Å². The number of nitrogens with one attached hydrogen (secondary N) is 1. The molecule has 0 bridgehead atoms. The number of hydrogen-bond acceptors (Lipinski definition) is 6. The molecular weight excluding hydrogens is 412 g/mol. The molecule has 0 unspecified atom stereocenters. The van der Waals surface area contributed by atoms with E-state index in [1.54, 1.807) is 6.92 Å². The fourth-order valence-electron chi connectivity index (χ4n) is 3.30. The van der Waals surface area contributed by atoms with E-state index in [0.29, 0.717) is 35.8 Å². The topological polar surface area (TPSA) is 107 Å². The number of carbonyl (C=O) groups excluding carboxylic acids is 2. The second kappa shape index (κ2) is 9.69. The summed E-state index contributed by atoms with van der Waals surface area (Å²) < 4.78 is 0.575. The third-order valence-electron chi connectivity index (χ3n) is 4.90. The van der Waals surface area contributed by atoms with Crippen LogP contribution in [0, 0.1) is 5.92 Å². The summed E-state index contributed by atoms with van der Waals surface area (Å²) in [4.78, 5) is 37.2. The van der Waals surface area contributed by atoms with Gasteiger partial charge in [-0.1, -0.05) is 49.0 Å². The van der Waals surface area contributed by atoms with Crippen molar-refractivity contribution in [3.63, 3.8) is 0 Å². The number of carboxylic acid groups (broad SMARTS) is 1. The van der Waals surface area contributed by atoms with E-state index < -0.39 is 18.0 Å². The van der Waals surface area contributed by atoms with Crippen LogP contribution >= 0.6 is 23.5 Å². The first kappa shape index (κ1) is 21.7. The fourth-order valence-corrected chi connectivity index (χ4v) is 6.19. The van der Waals surface area contributed by atoms with Gasteiger partial charge < -0.3 is 15.5 Å². The zero-order chi connectivity index (χ0) is 21.0. The Labute approximate surface area is 177 Å². The molecule has 156 valence electrons. The maximum atomic E-state index is 12.3. The summed E-state index contributed by atoms with van der Waals surface area (Å²) in [6.07, 6.45) is 0.638. The van der Waals surface area contributed by atoms with Crippen LogP contribution in [0.4, 0.5) is 0 Å². The van der Waals surface area contributed by atoms with Crippen molar-refractivity contribution in [3.8, 4) is 0 Å². The Balaban J connectivity index is 1.47. The molecule has 0 aromatic heterocycles. The lowest BCUT2D eigenvalue weighted by molar-refractivity contribution is -0.157. The third kappa shape index (κ3) is 4.79. The Hall–Kier alpha value is -1.97. The maximum Gasteiger partial charge on any atom is 0.354 e. The third-order valence-corrected chi connectivity index (χ3v) is 7.64. The number of aliphatic hydroxyl groups is 1. The number of thioether (sulfide) groups is 2. The molecule has 0 saturated carbocycles. The highest BCUT2D eigenvalue weighted by atomic mass is 32.2. The van der Waals surface area contributed by atoms with E-state index in [4.69, 9.17) is 0 Å². The lowest BCUT2D eigenvalue weighted by atomic mass is 9.90. The standard InChI is InChI=1S/C20H24N2O5S2/c1-2-13(23)15-17(25)22-16(19(26)27)20(29-18(15)22)28-10-6-9-14(24)21-11-12-7-4-3-5-8-12/h3-5,7-8,13,15,18,23H,2,6,9-11H2,1H3,(H,21,24)(H,26,27)/t13-,15+,18+/m0/s1. The van der Waals surface area contributed by atoms with Crippen molar-refractivity contribution in [2.75, 3.05) is 5.75 Å². The molecule has 3 rings (SSSR count). The number of nitrogens with zero attached hydrogens (tertiary/aromatic N) is 1. The average molecular weight is 437 g/mol. The first-order valence-corrected chi connectivity index (χ1v) is 11.4. The highest BCUT2D eigenvalue weighted by molar-refractivity contribution is 8.22. The summed E-state index contributed by atoms with van der Waals surface area (Å²) in [6, 6.07) is 9.65. The van der Waals surface area contributed by atoms with Crippen LogP contribution in [0.15, 0.2) is 40.3 Å². The SMILES string of the molecule is CC[C@H](O)[C@@H]1C(=O)N2C(C(=O)O)=C(SCCCC(=O)NCc3ccccc3)S[C@H]12. The lowest BCUT2D eigenvalue weighted by Gasteiger charge is -2.44. The van der Waals surface area contributed by atoms with E-state index in [9.17, 15) is 24.6 Å². The number of fused-ring (bicyclic) bond motifs is 1. The minimum absolute atomic E-state index is 0.00285. The summed E-state index contributed by atoms with van der Waals surface area (Å²) in [5.41, 5.74) is 1.04. The molecule has 2 aliphatic heterocycles. The number of aliphatic carboxylic acids is 1. The number of carbonyl (C=O) groups is 3. The predicted octanol–water partition coefficient (Wildman–Crippen LogP) is 2.37. The molecule has 2 amide bonds. The highest BCUT2D eigenvalue weighted by Gasteiger charge is 2.58. The van der Waals surface area contributed by atoms with Gasteiger partial charge in [0, 0.05) is 13.0 Å². The van der Waals surface area contributed by atoms with E-state index in [1.807, 2.05) is 30.3 Å². The van der Waals surface area contributed by atoms with Gasteiger partial charge in [0.2, 0.25) is 11.8 Å². The predicted molar refractivity (Wildman–Crippen MR) is 113 cm³/mol. The molecule has 1 saturated heterocycles. The molecule has 0 aliphatic carbocycles. The quantitative estimate of drug-likeness (QED) is 0.382. The van der Waals surface area contributed by atoms with E-state index >= 15 is 0 Å². The van der Waals surface area contributed by atoms with Gasteiger partial charge in [0.15, 0.2) is 5.70 Å². The van der Waals surface area contributed by atoms with Gasteiger partial charge in [-0.3, -0.25) is 14.5 Å². The summed E-state index contributed by atoms with van der Waals surface area (Å²) in [5, 5.41) is 22.1. The van der Waals surface area contributed by atoms with Gasteiger partial charge >= 0.3 is 5.97 Å². The Kier molecular flexibility index (Phi) is 7.26. The number of benzene rings is 1. The molecule has 2 heterocycles. The normalized spacial score (nSPS) is 21.6. The smallest absolute Gasteiger partial charge is 0.354 e. The Morgan fingerprint density at radius 1 is 1.31 bits per heavy atom. The number of rotatable bonds is 10. The lowest BCUT2D eigenvalue weighted by Crippen LogP contribution is -2.61. The van der Waals surface area contributed by atoms with Crippen LogP contribution in [0.5, 0.6) is 0 Å². The monoisotopic (exact) mass is 436 g/mol. The number of hydrogen-bond donors (Lipinski definition) is 3. The van der Waals surface area contributed by atoms with E-state index in [1.165, 1.54) is 28.4 Å².